The van der Waals surface area contributed by atoms with Crippen molar-refractivity contribution in [3.05, 3.63) is 54.1 Å². The maximum absolute atomic E-state index is 9.66. The van der Waals surface area contributed by atoms with Crippen molar-refractivity contribution in [3.8, 4) is 0 Å². The van der Waals surface area contributed by atoms with Gasteiger partial charge in [-0.25, -0.2) is 0 Å². The van der Waals surface area contributed by atoms with Crippen LogP contribution in [0.15, 0.2) is 53.6 Å². The van der Waals surface area contributed by atoms with Crippen molar-refractivity contribution < 1.29 is 5.11 Å². The first-order chi connectivity index (χ1) is 12.1. The molecular formula is C19H23N5O. The summed E-state index contributed by atoms with van der Waals surface area (Å²) in [4.78, 5) is 2.20. The van der Waals surface area contributed by atoms with E-state index in [2.05, 4.69) is 48.8 Å². The highest BCUT2D eigenvalue weighted by Gasteiger charge is 2.20. The van der Waals surface area contributed by atoms with Gasteiger partial charge < -0.3 is 19.1 Å². The number of benzene rings is 2. The Morgan fingerprint density at radius 1 is 1.00 bits per heavy atom. The summed E-state index contributed by atoms with van der Waals surface area (Å²) in [5.41, 5.74) is 8.37. The van der Waals surface area contributed by atoms with Gasteiger partial charge in [0.15, 0.2) is 0 Å². The van der Waals surface area contributed by atoms with Gasteiger partial charge in [-0.2, -0.15) is 0 Å². The van der Waals surface area contributed by atoms with Crippen LogP contribution in [0.4, 0.5) is 11.4 Å². The first kappa shape index (κ1) is 15.8. The monoisotopic (exact) mass is 337 g/mol. The molecule has 6 heteroatoms. The number of para-hydroxylation sites is 2. The Balaban J connectivity index is 1.58. The normalized spacial score (nSPS) is 17.2. The second kappa shape index (κ2) is 6.29. The van der Waals surface area contributed by atoms with Crippen LogP contribution in [0.1, 0.15) is 6.42 Å². The van der Waals surface area contributed by atoms with Crippen molar-refractivity contribution >= 4 is 22.4 Å². The highest BCUT2D eigenvalue weighted by atomic mass is 16.3. The predicted molar refractivity (Wildman–Crippen MR) is 100 cm³/mol. The van der Waals surface area contributed by atoms with E-state index >= 15 is 0 Å². The largest absolute Gasteiger partial charge is 0.391 e. The summed E-state index contributed by atoms with van der Waals surface area (Å²) in [6, 6.07) is 16.4. The molecule has 4 rings (SSSR count). The van der Waals surface area contributed by atoms with Crippen molar-refractivity contribution in [1.82, 2.24) is 9.13 Å². The third-order valence-corrected chi connectivity index (χ3v) is 4.89. The van der Waals surface area contributed by atoms with Crippen LogP contribution >= 0.6 is 0 Å². The Hall–Kier alpha value is -2.73. The molecule has 0 bridgehead atoms. The highest BCUT2D eigenvalue weighted by molar-refractivity contribution is 5.75. The lowest BCUT2D eigenvalue weighted by atomic mass is 10.2. The Kier molecular flexibility index (Phi) is 3.97. The first-order valence-electron chi connectivity index (χ1n) is 8.57. The summed E-state index contributed by atoms with van der Waals surface area (Å²) < 4.78 is 4.14. The van der Waals surface area contributed by atoms with E-state index in [4.69, 9.17) is 0 Å². The number of aromatic nitrogens is 2. The summed E-state index contributed by atoms with van der Waals surface area (Å²) in [6.07, 6.45) is 0.631. The molecule has 1 atom stereocenters. The average Bonchev–Trinajstić information content (AvgIpc) is 3.17. The molecule has 2 aromatic carbocycles. The average molecular weight is 337 g/mol. The van der Waals surface area contributed by atoms with Gasteiger partial charge in [0.05, 0.1) is 22.8 Å². The molecule has 25 heavy (non-hydrogen) atoms. The second-order valence-electron chi connectivity index (χ2n) is 6.57. The van der Waals surface area contributed by atoms with Crippen LogP contribution < -0.4 is 15.9 Å². The van der Waals surface area contributed by atoms with E-state index in [0.717, 1.165) is 41.0 Å². The maximum Gasteiger partial charge on any atom is 0.227 e. The number of aliphatic hydroxyl groups is 1. The smallest absolute Gasteiger partial charge is 0.227 e. The van der Waals surface area contributed by atoms with Crippen LogP contribution in [-0.4, -0.2) is 33.4 Å². The molecule has 1 unspecified atom stereocenters. The number of imidazole rings is 1. The lowest BCUT2D eigenvalue weighted by molar-refractivity contribution is 0.198. The fourth-order valence-electron chi connectivity index (χ4n) is 3.46. The lowest BCUT2D eigenvalue weighted by Gasteiger charge is -2.17. The maximum atomic E-state index is 9.66. The zero-order chi connectivity index (χ0) is 17.4. The molecule has 0 radical (unpaired) electrons. The number of anilines is 2. The molecule has 0 amide bonds. The number of fused-ring (bicyclic) bond motifs is 1. The minimum absolute atomic E-state index is 0.209. The standard InChI is InChI=1S/C19H23N5O/c1-22-17-5-3-4-6-18(17)23(2)19(22)21-20-14-7-9-15(10-8-14)24-12-11-16(25)13-24/h3-10,16,20,25H,11-13H2,1-2H3. The van der Waals surface area contributed by atoms with E-state index in [1.807, 2.05) is 38.4 Å². The fraction of sp³-hybridized carbons (Fsp3) is 0.316. The number of aryl methyl sites for hydroxylation is 2. The van der Waals surface area contributed by atoms with Gasteiger partial charge >= 0.3 is 0 Å². The van der Waals surface area contributed by atoms with Crippen molar-refractivity contribution in [2.24, 2.45) is 19.2 Å². The SMILES string of the molecule is Cn1c(=NNc2ccc(N3CCC(O)C3)cc2)n(C)c2ccccc21. The molecule has 1 aromatic heterocycles. The summed E-state index contributed by atoms with van der Waals surface area (Å²) >= 11 is 0. The van der Waals surface area contributed by atoms with Gasteiger partial charge in [-0.1, -0.05) is 12.1 Å². The summed E-state index contributed by atoms with van der Waals surface area (Å²) in [5, 5.41) is 14.2. The molecule has 1 saturated heterocycles. The minimum atomic E-state index is -0.209. The minimum Gasteiger partial charge on any atom is -0.391 e. The van der Waals surface area contributed by atoms with Gasteiger partial charge in [-0.3, -0.25) is 5.43 Å². The summed E-state index contributed by atoms with van der Waals surface area (Å²) in [7, 11) is 4.04. The van der Waals surface area contributed by atoms with Gasteiger partial charge in [0.2, 0.25) is 5.62 Å². The van der Waals surface area contributed by atoms with Crippen LogP contribution in [0.2, 0.25) is 0 Å². The highest BCUT2D eigenvalue weighted by Crippen LogP contribution is 2.22. The Morgan fingerprint density at radius 2 is 1.64 bits per heavy atom. The number of hydrogen-bond donors (Lipinski definition) is 2. The molecule has 1 aliphatic heterocycles. The van der Waals surface area contributed by atoms with Crippen LogP contribution in [0.3, 0.4) is 0 Å². The van der Waals surface area contributed by atoms with Crippen molar-refractivity contribution in [3.63, 3.8) is 0 Å². The number of nitrogens with one attached hydrogen (secondary N) is 1. The molecule has 1 aliphatic rings. The Bertz CT molecular complexity index is 912. The quantitative estimate of drug-likeness (QED) is 0.719. The van der Waals surface area contributed by atoms with Crippen LogP contribution in [0, 0.1) is 0 Å². The molecule has 2 heterocycles. The fourth-order valence-corrected chi connectivity index (χ4v) is 3.46. The van der Waals surface area contributed by atoms with Crippen molar-refractivity contribution in [2.45, 2.75) is 12.5 Å². The van der Waals surface area contributed by atoms with Gasteiger partial charge in [0, 0.05) is 32.9 Å². The predicted octanol–water partition coefficient (Wildman–Crippen LogP) is 2.02. The van der Waals surface area contributed by atoms with Crippen molar-refractivity contribution in [2.75, 3.05) is 23.4 Å². The van der Waals surface area contributed by atoms with Gasteiger partial charge in [0.1, 0.15) is 0 Å². The van der Waals surface area contributed by atoms with Gasteiger partial charge in [0.25, 0.3) is 0 Å². The summed E-state index contributed by atoms with van der Waals surface area (Å²) in [5.74, 6) is 0. The molecule has 2 N–H and O–H groups in total. The first-order valence-corrected chi connectivity index (χ1v) is 8.57. The molecular weight excluding hydrogens is 314 g/mol. The third kappa shape index (κ3) is 2.89. The zero-order valence-corrected chi connectivity index (χ0v) is 14.6. The van der Waals surface area contributed by atoms with E-state index in [1.165, 1.54) is 0 Å². The van der Waals surface area contributed by atoms with Crippen LogP contribution in [0.25, 0.3) is 11.0 Å². The summed E-state index contributed by atoms with van der Waals surface area (Å²) in [6.45, 7) is 1.62. The van der Waals surface area contributed by atoms with E-state index < -0.39 is 0 Å². The molecule has 0 saturated carbocycles. The van der Waals surface area contributed by atoms with E-state index in [9.17, 15) is 5.11 Å². The molecule has 0 aliphatic carbocycles. The molecule has 3 aromatic rings. The zero-order valence-electron chi connectivity index (χ0n) is 14.6. The number of aliphatic hydroxyl groups excluding tert-OH is 1. The Labute approximate surface area is 146 Å². The third-order valence-electron chi connectivity index (χ3n) is 4.89. The topological polar surface area (TPSA) is 57.7 Å². The molecule has 0 spiro atoms. The van der Waals surface area contributed by atoms with E-state index in [1.54, 1.807) is 0 Å². The van der Waals surface area contributed by atoms with Gasteiger partial charge in [-0.05, 0) is 42.8 Å². The Morgan fingerprint density at radius 3 is 2.20 bits per heavy atom. The molecule has 1 fully saturated rings. The molecule has 6 nitrogen and oxygen atoms in total. The number of nitrogens with zero attached hydrogens (tertiary/aromatic N) is 4. The van der Waals surface area contributed by atoms with Crippen LogP contribution in [0.5, 0.6) is 0 Å². The number of rotatable bonds is 3. The second-order valence-corrected chi connectivity index (χ2v) is 6.57. The van der Waals surface area contributed by atoms with Gasteiger partial charge in [-0.15, -0.1) is 5.10 Å². The van der Waals surface area contributed by atoms with Crippen molar-refractivity contribution in [1.29, 1.82) is 0 Å². The number of hydrogen-bond acceptors (Lipinski definition) is 4. The van der Waals surface area contributed by atoms with E-state index in [-0.39, 0.29) is 6.10 Å². The lowest BCUT2D eigenvalue weighted by Crippen LogP contribution is -2.23. The molecule has 130 valence electrons. The van der Waals surface area contributed by atoms with E-state index in [0.29, 0.717) is 6.54 Å². The van der Waals surface area contributed by atoms with Crippen LogP contribution in [-0.2, 0) is 14.1 Å². The number of β-amino-alcohol motifs (C(OH)–C–C–N with tert-alkyl or cyclic N) is 1.